The number of halogens is 1. The van der Waals surface area contributed by atoms with Crippen LogP contribution in [0, 0.1) is 0 Å². The van der Waals surface area contributed by atoms with Crippen LogP contribution in [0.4, 0.5) is 5.69 Å². The molecule has 6 nitrogen and oxygen atoms in total. The van der Waals surface area contributed by atoms with Crippen molar-refractivity contribution in [3.63, 3.8) is 0 Å². The van der Waals surface area contributed by atoms with E-state index in [1.807, 2.05) is 38.1 Å². The quantitative estimate of drug-likeness (QED) is 0.235. The van der Waals surface area contributed by atoms with Gasteiger partial charge in [0.25, 0.3) is 0 Å². The van der Waals surface area contributed by atoms with Crippen LogP contribution in [0.2, 0.25) is 0 Å². The lowest BCUT2D eigenvalue weighted by molar-refractivity contribution is -0.114. The maximum Gasteiger partial charge on any atom is 0.221 e. The first-order valence-electron chi connectivity index (χ1n) is 8.12. The van der Waals surface area contributed by atoms with Gasteiger partial charge in [-0.25, -0.2) is 4.99 Å². The summed E-state index contributed by atoms with van der Waals surface area (Å²) in [6.45, 7) is 9.21. The minimum atomic E-state index is -0.0741. The highest BCUT2D eigenvalue weighted by atomic mass is 127. The van der Waals surface area contributed by atoms with Crippen LogP contribution in [0.1, 0.15) is 32.8 Å². The van der Waals surface area contributed by atoms with Crippen molar-refractivity contribution in [2.24, 2.45) is 4.99 Å². The minimum Gasteiger partial charge on any atom is -0.382 e. The lowest BCUT2D eigenvalue weighted by Crippen LogP contribution is -2.38. The number of guanidine groups is 1. The predicted molar refractivity (Wildman–Crippen MR) is 110 cm³/mol. The van der Waals surface area contributed by atoms with Gasteiger partial charge in [-0.2, -0.15) is 0 Å². The van der Waals surface area contributed by atoms with Gasteiger partial charge in [-0.15, -0.1) is 24.0 Å². The van der Waals surface area contributed by atoms with Crippen LogP contribution in [0.3, 0.4) is 0 Å². The molecule has 0 fully saturated rings. The molecule has 0 atom stereocenters. The van der Waals surface area contributed by atoms with Gasteiger partial charge in [0.05, 0.1) is 6.54 Å². The lowest BCUT2D eigenvalue weighted by Gasteiger charge is -2.11. The zero-order chi connectivity index (χ0) is 16.9. The molecule has 0 aliphatic carbocycles. The van der Waals surface area contributed by atoms with Crippen molar-refractivity contribution >= 4 is 41.5 Å². The van der Waals surface area contributed by atoms with Gasteiger partial charge in [0.2, 0.25) is 5.91 Å². The Morgan fingerprint density at radius 2 is 2.04 bits per heavy atom. The topological polar surface area (TPSA) is 74.8 Å². The SMILES string of the molecule is CCNC(=NCc1cccc(NC(C)=O)c1)NCCCOCC.I. The molecule has 0 aromatic heterocycles. The summed E-state index contributed by atoms with van der Waals surface area (Å²) in [7, 11) is 0. The Morgan fingerprint density at radius 3 is 2.71 bits per heavy atom. The van der Waals surface area contributed by atoms with Crippen molar-refractivity contribution in [3.8, 4) is 0 Å². The lowest BCUT2D eigenvalue weighted by atomic mass is 10.2. The Hall–Kier alpha value is -1.35. The standard InChI is InChI=1S/C17H28N4O2.HI/c1-4-18-17(19-10-7-11-23-5-2)20-13-15-8-6-9-16(12-15)21-14(3)22;/h6,8-9,12H,4-5,7,10-11,13H2,1-3H3,(H,21,22)(H2,18,19,20);1H. The molecule has 3 N–H and O–H groups in total. The molecule has 24 heavy (non-hydrogen) atoms. The summed E-state index contributed by atoms with van der Waals surface area (Å²) in [4.78, 5) is 15.7. The molecule has 1 amide bonds. The predicted octanol–water partition coefficient (Wildman–Crippen LogP) is 2.74. The molecule has 7 heteroatoms. The molecule has 1 rings (SSSR count). The van der Waals surface area contributed by atoms with Crippen LogP contribution in [0.25, 0.3) is 0 Å². The zero-order valence-corrected chi connectivity index (χ0v) is 17.1. The second kappa shape index (κ2) is 14.0. The highest BCUT2D eigenvalue weighted by Gasteiger charge is 2.00. The molecule has 1 aromatic rings. The Bertz CT molecular complexity index is 509. The average Bonchev–Trinajstić information content (AvgIpc) is 2.52. The van der Waals surface area contributed by atoms with E-state index in [1.165, 1.54) is 6.92 Å². The zero-order valence-electron chi connectivity index (χ0n) is 14.7. The van der Waals surface area contributed by atoms with Gasteiger partial charge in [0, 0.05) is 38.9 Å². The molecule has 0 saturated carbocycles. The number of rotatable bonds is 9. The van der Waals surface area contributed by atoms with Crippen LogP contribution in [0.15, 0.2) is 29.3 Å². The van der Waals surface area contributed by atoms with E-state index in [-0.39, 0.29) is 29.9 Å². The van der Waals surface area contributed by atoms with E-state index in [0.717, 1.165) is 49.9 Å². The fourth-order valence-electron chi connectivity index (χ4n) is 1.99. The molecule has 0 bridgehead atoms. The highest BCUT2D eigenvalue weighted by Crippen LogP contribution is 2.11. The number of nitrogens with one attached hydrogen (secondary N) is 3. The van der Waals surface area contributed by atoms with Gasteiger partial charge >= 0.3 is 0 Å². The summed E-state index contributed by atoms with van der Waals surface area (Å²) in [6, 6.07) is 7.71. The second-order valence-corrected chi connectivity index (χ2v) is 5.05. The smallest absolute Gasteiger partial charge is 0.221 e. The van der Waals surface area contributed by atoms with Gasteiger partial charge < -0.3 is 20.7 Å². The van der Waals surface area contributed by atoms with Crippen molar-refractivity contribution in [2.45, 2.75) is 33.7 Å². The summed E-state index contributed by atoms with van der Waals surface area (Å²) in [5, 5.41) is 9.28. The van der Waals surface area contributed by atoms with Crippen LogP contribution in [-0.4, -0.2) is 38.2 Å². The van der Waals surface area contributed by atoms with Gasteiger partial charge in [-0.3, -0.25) is 4.79 Å². The van der Waals surface area contributed by atoms with Crippen molar-refractivity contribution in [1.82, 2.24) is 10.6 Å². The number of anilines is 1. The second-order valence-electron chi connectivity index (χ2n) is 5.05. The Balaban J connectivity index is 0.00000529. The van der Waals surface area contributed by atoms with E-state index in [9.17, 15) is 4.79 Å². The molecule has 0 radical (unpaired) electrons. The number of carbonyl (C=O) groups excluding carboxylic acids is 1. The molecular formula is C17H29IN4O2. The monoisotopic (exact) mass is 448 g/mol. The molecule has 0 aliphatic heterocycles. The van der Waals surface area contributed by atoms with Crippen molar-refractivity contribution in [2.75, 3.05) is 31.6 Å². The molecular weight excluding hydrogens is 419 g/mol. The Morgan fingerprint density at radius 1 is 1.25 bits per heavy atom. The molecule has 136 valence electrons. The third-order valence-electron chi connectivity index (χ3n) is 2.97. The first-order chi connectivity index (χ1) is 11.2. The Kier molecular flexibility index (Phi) is 13.2. The third kappa shape index (κ3) is 10.4. The number of hydrogen-bond donors (Lipinski definition) is 3. The van der Waals surface area contributed by atoms with Gasteiger partial charge in [-0.05, 0) is 38.0 Å². The summed E-state index contributed by atoms with van der Waals surface area (Å²) < 4.78 is 5.31. The van der Waals surface area contributed by atoms with Crippen LogP contribution < -0.4 is 16.0 Å². The van der Waals surface area contributed by atoms with E-state index in [4.69, 9.17) is 4.74 Å². The first kappa shape index (κ1) is 22.6. The number of hydrogen-bond acceptors (Lipinski definition) is 3. The molecule has 0 saturated heterocycles. The number of amides is 1. The Labute approximate surface area is 161 Å². The average molecular weight is 448 g/mol. The number of aliphatic imine (C=N–C) groups is 1. The highest BCUT2D eigenvalue weighted by molar-refractivity contribution is 14.0. The van der Waals surface area contributed by atoms with Crippen molar-refractivity contribution < 1.29 is 9.53 Å². The molecule has 0 heterocycles. The van der Waals surface area contributed by atoms with E-state index < -0.39 is 0 Å². The minimum absolute atomic E-state index is 0. The van der Waals surface area contributed by atoms with Crippen molar-refractivity contribution in [1.29, 1.82) is 0 Å². The fraction of sp³-hybridized carbons (Fsp3) is 0.529. The maximum absolute atomic E-state index is 11.1. The van der Waals surface area contributed by atoms with Crippen molar-refractivity contribution in [3.05, 3.63) is 29.8 Å². The largest absolute Gasteiger partial charge is 0.382 e. The normalized spacial score (nSPS) is 10.7. The summed E-state index contributed by atoms with van der Waals surface area (Å²) in [5.41, 5.74) is 1.84. The number of carbonyl (C=O) groups is 1. The van der Waals surface area contributed by atoms with Gasteiger partial charge in [0.1, 0.15) is 0 Å². The van der Waals surface area contributed by atoms with E-state index in [2.05, 4.69) is 20.9 Å². The van der Waals surface area contributed by atoms with Crippen LogP contribution in [0.5, 0.6) is 0 Å². The molecule has 0 aliphatic rings. The number of benzene rings is 1. The van der Waals surface area contributed by atoms with Crippen LogP contribution >= 0.6 is 24.0 Å². The van der Waals surface area contributed by atoms with E-state index in [0.29, 0.717) is 6.54 Å². The van der Waals surface area contributed by atoms with E-state index in [1.54, 1.807) is 0 Å². The molecule has 0 spiro atoms. The maximum atomic E-state index is 11.1. The molecule has 1 aromatic carbocycles. The summed E-state index contributed by atoms with van der Waals surface area (Å²) >= 11 is 0. The summed E-state index contributed by atoms with van der Waals surface area (Å²) in [6.07, 6.45) is 0.941. The molecule has 0 unspecified atom stereocenters. The third-order valence-corrected chi connectivity index (χ3v) is 2.97. The first-order valence-corrected chi connectivity index (χ1v) is 8.12. The van der Waals surface area contributed by atoms with Gasteiger partial charge in [-0.1, -0.05) is 12.1 Å². The van der Waals surface area contributed by atoms with Gasteiger partial charge in [0.15, 0.2) is 5.96 Å². The fourth-order valence-corrected chi connectivity index (χ4v) is 1.99. The van der Waals surface area contributed by atoms with Crippen LogP contribution in [-0.2, 0) is 16.1 Å². The summed E-state index contributed by atoms with van der Waals surface area (Å²) in [5.74, 6) is 0.712. The number of ether oxygens (including phenoxy) is 1. The number of nitrogens with zero attached hydrogens (tertiary/aromatic N) is 1. The van der Waals surface area contributed by atoms with E-state index >= 15 is 0 Å².